The zero-order valence-electron chi connectivity index (χ0n) is 13.5. The summed E-state index contributed by atoms with van der Waals surface area (Å²) >= 11 is 0. The molecule has 2 heterocycles. The van der Waals surface area contributed by atoms with Gasteiger partial charge in [0.05, 0.1) is 25.9 Å². The third-order valence-corrected chi connectivity index (χ3v) is 3.77. The number of benzene rings is 1. The second-order valence-electron chi connectivity index (χ2n) is 5.32. The smallest absolute Gasteiger partial charge is 0.308 e. The van der Waals surface area contributed by atoms with E-state index in [2.05, 4.69) is 20.4 Å². The van der Waals surface area contributed by atoms with Crippen LogP contribution in [0.4, 0.5) is 0 Å². The zero-order chi connectivity index (χ0) is 16.8. The van der Waals surface area contributed by atoms with Gasteiger partial charge >= 0.3 is 11.8 Å². The fourth-order valence-electron chi connectivity index (χ4n) is 2.47. The van der Waals surface area contributed by atoms with Crippen LogP contribution in [0, 0.1) is 0 Å². The van der Waals surface area contributed by atoms with Gasteiger partial charge in [0.1, 0.15) is 5.75 Å². The Bertz CT molecular complexity index is 682. The lowest BCUT2D eigenvalue weighted by Gasteiger charge is -2.26. The number of rotatable bonds is 6. The Morgan fingerprint density at radius 2 is 2.08 bits per heavy atom. The number of amides is 1. The van der Waals surface area contributed by atoms with Gasteiger partial charge in [0.25, 0.3) is 5.89 Å². The lowest BCUT2D eigenvalue weighted by atomic mass is 10.2. The molecular formula is C16H20N4O4. The first-order valence-corrected chi connectivity index (χ1v) is 7.83. The summed E-state index contributed by atoms with van der Waals surface area (Å²) in [6.07, 6.45) is 0. The summed E-state index contributed by atoms with van der Waals surface area (Å²) in [6, 6.07) is 7.27. The molecule has 0 atom stereocenters. The maximum atomic E-state index is 12.1. The van der Waals surface area contributed by atoms with E-state index >= 15 is 0 Å². The molecule has 0 bridgehead atoms. The number of ether oxygens (including phenoxy) is 2. The molecule has 1 amide bonds. The van der Waals surface area contributed by atoms with Crippen molar-refractivity contribution < 1.29 is 18.7 Å². The first kappa shape index (κ1) is 16.4. The van der Waals surface area contributed by atoms with Crippen molar-refractivity contribution in [1.82, 2.24) is 20.4 Å². The first-order valence-electron chi connectivity index (χ1n) is 7.83. The van der Waals surface area contributed by atoms with E-state index in [-0.39, 0.29) is 17.7 Å². The van der Waals surface area contributed by atoms with Crippen molar-refractivity contribution in [2.75, 3.05) is 46.5 Å². The highest BCUT2D eigenvalue weighted by molar-refractivity contribution is 5.89. The van der Waals surface area contributed by atoms with Crippen LogP contribution in [-0.4, -0.2) is 67.5 Å². The predicted octanol–water partition coefficient (Wildman–Crippen LogP) is 0.807. The predicted molar refractivity (Wildman–Crippen MR) is 85.9 cm³/mol. The number of carbonyl (C=O) groups excluding carboxylic acids is 1. The molecule has 1 fully saturated rings. The minimum Gasteiger partial charge on any atom is -0.496 e. The standard InChI is InChI=1S/C16H20N4O4/c1-22-13-5-3-2-4-12(13)15-18-19-16(24-15)14(21)17-6-7-20-8-10-23-11-9-20/h2-5H,6-11H2,1H3,(H,17,21). The Kier molecular flexibility index (Phi) is 5.39. The second-order valence-corrected chi connectivity index (χ2v) is 5.32. The van der Waals surface area contributed by atoms with Crippen LogP contribution < -0.4 is 10.1 Å². The quantitative estimate of drug-likeness (QED) is 0.837. The van der Waals surface area contributed by atoms with Crippen molar-refractivity contribution in [2.24, 2.45) is 0 Å². The van der Waals surface area contributed by atoms with Crippen LogP contribution in [0.3, 0.4) is 0 Å². The van der Waals surface area contributed by atoms with Crippen molar-refractivity contribution in [1.29, 1.82) is 0 Å². The van der Waals surface area contributed by atoms with Gasteiger partial charge in [0, 0.05) is 26.2 Å². The molecule has 2 aromatic rings. The molecule has 8 heteroatoms. The van der Waals surface area contributed by atoms with Crippen LogP contribution >= 0.6 is 0 Å². The Labute approximate surface area is 139 Å². The van der Waals surface area contributed by atoms with Crippen LogP contribution in [0.15, 0.2) is 28.7 Å². The molecule has 8 nitrogen and oxygen atoms in total. The number of hydrogen-bond acceptors (Lipinski definition) is 7. The van der Waals surface area contributed by atoms with Gasteiger partial charge in [-0.3, -0.25) is 9.69 Å². The monoisotopic (exact) mass is 332 g/mol. The van der Waals surface area contributed by atoms with Gasteiger partial charge in [0.15, 0.2) is 0 Å². The van der Waals surface area contributed by atoms with Gasteiger partial charge in [-0.15, -0.1) is 10.2 Å². The topological polar surface area (TPSA) is 89.7 Å². The summed E-state index contributed by atoms with van der Waals surface area (Å²) in [6.45, 7) is 4.52. The first-order chi connectivity index (χ1) is 11.8. The molecule has 0 saturated carbocycles. The summed E-state index contributed by atoms with van der Waals surface area (Å²) in [5.41, 5.74) is 0.653. The number of morpholine rings is 1. The number of para-hydroxylation sites is 1. The lowest BCUT2D eigenvalue weighted by molar-refractivity contribution is 0.0382. The number of methoxy groups -OCH3 is 1. The molecule has 1 saturated heterocycles. The molecule has 0 unspecified atom stereocenters. The number of nitrogens with one attached hydrogen (secondary N) is 1. The fourth-order valence-corrected chi connectivity index (χ4v) is 2.47. The van der Waals surface area contributed by atoms with E-state index in [9.17, 15) is 4.79 Å². The molecule has 3 rings (SSSR count). The van der Waals surface area contributed by atoms with E-state index < -0.39 is 0 Å². The number of aromatic nitrogens is 2. The van der Waals surface area contributed by atoms with Crippen molar-refractivity contribution in [3.63, 3.8) is 0 Å². The fraction of sp³-hybridized carbons (Fsp3) is 0.438. The Hall–Kier alpha value is -2.45. The molecule has 128 valence electrons. The van der Waals surface area contributed by atoms with E-state index in [1.165, 1.54) is 0 Å². The van der Waals surface area contributed by atoms with E-state index in [4.69, 9.17) is 13.9 Å². The second kappa shape index (κ2) is 7.89. The van der Waals surface area contributed by atoms with Crippen LogP contribution in [-0.2, 0) is 4.74 Å². The average Bonchev–Trinajstić information content (AvgIpc) is 3.12. The third kappa shape index (κ3) is 3.90. The van der Waals surface area contributed by atoms with Gasteiger partial charge in [-0.2, -0.15) is 0 Å². The highest BCUT2D eigenvalue weighted by Crippen LogP contribution is 2.28. The molecule has 0 aliphatic carbocycles. The minimum atomic E-state index is -0.378. The maximum Gasteiger partial charge on any atom is 0.308 e. The third-order valence-electron chi connectivity index (χ3n) is 3.77. The van der Waals surface area contributed by atoms with Crippen molar-refractivity contribution in [2.45, 2.75) is 0 Å². The number of hydrogen-bond donors (Lipinski definition) is 1. The van der Waals surface area contributed by atoms with Crippen molar-refractivity contribution >= 4 is 5.91 Å². The molecule has 24 heavy (non-hydrogen) atoms. The average molecular weight is 332 g/mol. The number of carbonyl (C=O) groups is 1. The van der Waals surface area contributed by atoms with Crippen LogP contribution in [0.2, 0.25) is 0 Å². The molecule has 1 aromatic heterocycles. The Morgan fingerprint density at radius 3 is 2.88 bits per heavy atom. The normalized spacial score (nSPS) is 15.2. The van der Waals surface area contributed by atoms with Gasteiger partial charge in [-0.1, -0.05) is 12.1 Å². The largest absolute Gasteiger partial charge is 0.496 e. The molecule has 1 aliphatic heterocycles. The summed E-state index contributed by atoms with van der Waals surface area (Å²) in [4.78, 5) is 14.3. The molecule has 1 N–H and O–H groups in total. The van der Waals surface area contributed by atoms with Gasteiger partial charge < -0.3 is 19.2 Å². The van der Waals surface area contributed by atoms with Gasteiger partial charge in [0.2, 0.25) is 0 Å². The maximum absolute atomic E-state index is 12.1. The van der Waals surface area contributed by atoms with Crippen molar-refractivity contribution in [3.8, 4) is 17.2 Å². The van der Waals surface area contributed by atoms with Gasteiger partial charge in [-0.25, -0.2) is 0 Å². The van der Waals surface area contributed by atoms with Crippen LogP contribution in [0.1, 0.15) is 10.7 Å². The van der Waals surface area contributed by atoms with E-state index in [1.807, 2.05) is 12.1 Å². The molecule has 1 aromatic carbocycles. The molecule has 0 radical (unpaired) electrons. The van der Waals surface area contributed by atoms with Gasteiger partial charge in [-0.05, 0) is 12.1 Å². The van der Waals surface area contributed by atoms with Crippen LogP contribution in [0.5, 0.6) is 5.75 Å². The SMILES string of the molecule is COc1ccccc1-c1nnc(C(=O)NCCN2CCOCC2)o1. The zero-order valence-corrected chi connectivity index (χ0v) is 13.5. The highest BCUT2D eigenvalue weighted by Gasteiger charge is 2.18. The van der Waals surface area contributed by atoms with E-state index in [0.717, 1.165) is 32.8 Å². The van der Waals surface area contributed by atoms with E-state index in [1.54, 1.807) is 19.2 Å². The molecular weight excluding hydrogens is 312 g/mol. The summed E-state index contributed by atoms with van der Waals surface area (Å²) < 4.78 is 16.0. The summed E-state index contributed by atoms with van der Waals surface area (Å²) in [5, 5.41) is 10.5. The summed E-state index contributed by atoms with van der Waals surface area (Å²) in [7, 11) is 1.56. The highest BCUT2D eigenvalue weighted by atomic mass is 16.5. The number of nitrogens with zero attached hydrogens (tertiary/aromatic N) is 3. The summed E-state index contributed by atoms with van der Waals surface area (Å²) in [5.74, 6) is 0.431. The molecule has 0 spiro atoms. The van der Waals surface area contributed by atoms with E-state index in [0.29, 0.717) is 17.9 Å². The molecule has 1 aliphatic rings. The Balaban J connectivity index is 1.57. The van der Waals surface area contributed by atoms with Crippen molar-refractivity contribution in [3.05, 3.63) is 30.2 Å². The van der Waals surface area contributed by atoms with Crippen LogP contribution in [0.25, 0.3) is 11.5 Å². The lowest BCUT2D eigenvalue weighted by Crippen LogP contribution is -2.41. The Morgan fingerprint density at radius 1 is 1.29 bits per heavy atom. The minimum absolute atomic E-state index is 0.0575.